The fraction of sp³-hybridized carbons (Fsp3) is 0.500. The van der Waals surface area contributed by atoms with E-state index in [4.69, 9.17) is 16.3 Å². The minimum atomic E-state index is -0.997. The normalized spacial score (nSPS) is 27.2. The molecule has 222 valence electrons. The number of nitrogens with zero attached hydrogens (tertiary/aromatic N) is 1. The molecule has 0 bridgehead atoms. The van der Waals surface area contributed by atoms with E-state index in [1.807, 2.05) is 30.5 Å². The van der Waals surface area contributed by atoms with E-state index in [0.717, 1.165) is 50.0 Å². The molecule has 1 spiro atoms. The summed E-state index contributed by atoms with van der Waals surface area (Å²) in [5.41, 5.74) is 5.17. The Labute approximate surface area is 255 Å². The summed E-state index contributed by atoms with van der Waals surface area (Å²) in [4.78, 5) is 17.4. The van der Waals surface area contributed by atoms with Gasteiger partial charge in [0.15, 0.2) is 0 Å². The molecule has 0 radical (unpaired) electrons. The molecular formula is C36H43ClN2O3. The molecule has 42 heavy (non-hydrogen) atoms. The molecule has 3 aromatic rings. The van der Waals surface area contributed by atoms with Crippen molar-refractivity contribution < 1.29 is 14.6 Å². The third-order valence-electron chi connectivity index (χ3n) is 10.5. The molecule has 1 aromatic heterocycles. The number of fused-ring (bicyclic) bond motifs is 3. The van der Waals surface area contributed by atoms with Gasteiger partial charge < -0.3 is 15.2 Å². The van der Waals surface area contributed by atoms with Crippen LogP contribution in [0.25, 0.3) is 0 Å². The molecule has 3 aliphatic rings. The molecule has 6 heteroatoms. The average Bonchev–Trinajstić information content (AvgIpc) is 3.29. The number of aromatic nitrogens is 1. The topological polar surface area (TPSA) is 71.5 Å². The largest absolute Gasteiger partial charge is 0.493 e. The van der Waals surface area contributed by atoms with E-state index in [1.54, 1.807) is 0 Å². The first-order valence-corrected chi connectivity index (χ1v) is 16.2. The molecule has 2 aromatic carbocycles. The number of hydrogen-bond donors (Lipinski definition) is 2. The van der Waals surface area contributed by atoms with Crippen LogP contribution in [-0.2, 0) is 23.1 Å². The number of hydrogen-bond acceptors (Lipinski definition) is 4. The highest BCUT2D eigenvalue weighted by Crippen LogP contribution is 2.56. The predicted octanol–water partition coefficient (Wildman–Crippen LogP) is 8.59. The summed E-state index contributed by atoms with van der Waals surface area (Å²) in [5, 5.41) is 14.4. The predicted molar refractivity (Wildman–Crippen MR) is 169 cm³/mol. The number of rotatable bonds is 9. The third-order valence-corrected chi connectivity index (χ3v) is 10.8. The SMILES string of the molecule is CC[C@H]1CCCc2nccc(OC[C@H](C)CC3Cc4ccccc4C34CCC(Nc3cccc(Cl)c3)(C(=O)O)CC4)c21. The van der Waals surface area contributed by atoms with Crippen molar-refractivity contribution in [1.29, 1.82) is 0 Å². The first-order chi connectivity index (χ1) is 20.3. The van der Waals surface area contributed by atoms with E-state index >= 15 is 0 Å². The van der Waals surface area contributed by atoms with E-state index in [9.17, 15) is 9.90 Å². The number of carboxylic acids is 1. The van der Waals surface area contributed by atoms with Crippen LogP contribution in [0, 0.1) is 11.8 Å². The maximum Gasteiger partial charge on any atom is 0.329 e. The summed E-state index contributed by atoms with van der Waals surface area (Å²) < 4.78 is 6.56. The first-order valence-electron chi connectivity index (χ1n) is 15.8. The monoisotopic (exact) mass is 586 g/mol. The number of ether oxygens (including phenoxy) is 1. The van der Waals surface area contributed by atoms with Crippen LogP contribution in [0.3, 0.4) is 0 Å². The Morgan fingerprint density at radius 3 is 2.71 bits per heavy atom. The van der Waals surface area contributed by atoms with E-state index in [0.29, 0.717) is 42.2 Å². The first kappa shape index (κ1) is 29.0. The molecule has 3 aliphatic carbocycles. The van der Waals surface area contributed by atoms with Gasteiger partial charge in [-0.05, 0) is 123 Å². The van der Waals surface area contributed by atoms with Crippen LogP contribution in [-0.4, -0.2) is 28.2 Å². The van der Waals surface area contributed by atoms with Gasteiger partial charge in [-0.3, -0.25) is 4.98 Å². The van der Waals surface area contributed by atoms with Crippen molar-refractivity contribution >= 4 is 23.3 Å². The smallest absolute Gasteiger partial charge is 0.329 e. The van der Waals surface area contributed by atoms with Crippen molar-refractivity contribution in [3.8, 4) is 5.75 Å². The van der Waals surface area contributed by atoms with Crippen molar-refractivity contribution in [2.45, 2.75) is 94.9 Å². The van der Waals surface area contributed by atoms with Gasteiger partial charge in [0.1, 0.15) is 11.3 Å². The second kappa shape index (κ2) is 11.9. The van der Waals surface area contributed by atoms with E-state index < -0.39 is 11.5 Å². The number of benzene rings is 2. The minimum Gasteiger partial charge on any atom is -0.493 e. The summed E-state index contributed by atoms with van der Waals surface area (Å²) in [6.07, 6.45) is 11.4. The molecular weight excluding hydrogens is 544 g/mol. The van der Waals surface area contributed by atoms with Gasteiger partial charge in [-0.15, -0.1) is 0 Å². The van der Waals surface area contributed by atoms with Gasteiger partial charge in [0.05, 0.1) is 6.61 Å². The molecule has 0 aliphatic heterocycles. The zero-order chi connectivity index (χ0) is 29.3. The lowest BCUT2D eigenvalue weighted by atomic mass is 9.59. The molecule has 2 N–H and O–H groups in total. The number of aliphatic carboxylic acids is 1. The summed E-state index contributed by atoms with van der Waals surface area (Å²) in [6, 6.07) is 18.3. The van der Waals surface area contributed by atoms with Crippen LogP contribution < -0.4 is 10.1 Å². The van der Waals surface area contributed by atoms with Crippen LogP contribution in [0.15, 0.2) is 60.8 Å². The van der Waals surface area contributed by atoms with Crippen LogP contribution in [0.5, 0.6) is 5.75 Å². The quantitative estimate of drug-likeness (QED) is 0.263. The Morgan fingerprint density at radius 1 is 1.14 bits per heavy atom. The minimum absolute atomic E-state index is 0.0110. The number of nitrogens with one attached hydrogen (secondary N) is 1. The summed E-state index contributed by atoms with van der Waals surface area (Å²) in [7, 11) is 0. The fourth-order valence-electron chi connectivity index (χ4n) is 8.32. The molecule has 1 saturated carbocycles. The lowest BCUT2D eigenvalue weighted by molar-refractivity contribution is -0.144. The van der Waals surface area contributed by atoms with Crippen molar-refractivity contribution in [1.82, 2.24) is 4.98 Å². The van der Waals surface area contributed by atoms with Gasteiger partial charge >= 0.3 is 5.97 Å². The van der Waals surface area contributed by atoms with Gasteiger partial charge in [0.25, 0.3) is 0 Å². The second-order valence-corrected chi connectivity index (χ2v) is 13.5. The van der Waals surface area contributed by atoms with Gasteiger partial charge in [-0.1, -0.05) is 55.8 Å². The molecule has 3 atom stereocenters. The lowest BCUT2D eigenvalue weighted by Crippen LogP contribution is -2.53. The highest BCUT2D eigenvalue weighted by molar-refractivity contribution is 6.30. The van der Waals surface area contributed by atoms with Crippen molar-refractivity contribution in [3.63, 3.8) is 0 Å². The summed E-state index contributed by atoms with van der Waals surface area (Å²) in [6.45, 7) is 5.27. The number of halogens is 1. The van der Waals surface area contributed by atoms with Gasteiger partial charge in [0.2, 0.25) is 0 Å². The van der Waals surface area contributed by atoms with E-state index in [2.05, 4.69) is 54.5 Å². The van der Waals surface area contributed by atoms with Crippen LogP contribution in [0.4, 0.5) is 5.69 Å². The van der Waals surface area contributed by atoms with Gasteiger partial charge in [-0.2, -0.15) is 0 Å². The number of pyridine rings is 1. The number of anilines is 1. The zero-order valence-corrected chi connectivity index (χ0v) is 25.6. The van der Waals surface area contributed by atoms with Crippen LogP contribution in [0.1, 0.15) is 93.5 Å². The standard InChI is InChI=1S/C36H43ClN2O3/c1-3-25-9-6-13-31-33(25)32(14-19-38-31)42-23-24(2)20-27-21-26-8-4-5-12-30(26)35(27)15-17-36(18-16-35,34(40)41)39-29-11-7-10-28(37)22-29/h4-5,7-8,10-12,14,19,22,24-25,27,39H,3,6,9,13,15-18,20-21,23H2,1-2H3,(H,40,41)/t24-,25+,27?,35?,36?/m1/s1. The molecule has 1 unspecified atom stereocenters. The fourth-order valence-corrected chi connectivity index (χ4v) is 8.51. The molecule has 6 rings (SSSR count). The molecule has 5 nitrogen and oxygen atoms in total. The maximum atomic E-state index is 12.7. The van der Waals surface area contributed by atoms with E-state index in [-0.39, 0.29) is 5.41 Å². The van der Waals surface area contributed by atoms with Gasteiger partial charge in [0, 0.05) is 28.2 Å². The molecule has 1 fully saturated rings. The Kier molecular flexibility index (Phi) is 8.24. The Balaban J connectivity index is 1.19. The Bertz CT molecular complexity index is 1430. The third kappa shape index (κ3) is 5.41. The maximum absolute atomic E-state index is 12.7. The average molecular weight is 587 g/mol. The van der Waals surface area contributed by atoms with Crippen molar-refractivity contribution in [2.24, 2.45) is 11.8 Å². The lowest BCUT2D eigenvalue weighted by Gasteiger charge is -2.47. The van der Waals surface area contributed by atoms with Crippen LogP contribution >= 0.6 is 11.6 Å². The van der Waals surface area contributed by atoms with Crippen molar-refractivity contribution in [3.05, 3.63) is 88.2 Å². The molecule has 0 amide bonds. The molecule has 0 saturated heterocycles. The second-order valence-electron chi connectivity index (χ2n) is 13.1. The van der Waals surface area contributed by atoms with Crippen LogP contribution in [0.2, 0.25) is 5.02 Å². The molecule has 1 heterocycles. The Morgan fingerprint density at radius 2 is 1.95 bits per heavy atom. The highest BCUT2D eigenvalue weighted by atomic mass is 35.5. The summed E-state index contributed by atoms with van der Waals surface area (Å²) >= 11 is 6.22. The number of carboxylic acid groups (broad SMARTS) is 1. The number of aryl methyl sites for hydroxylation is 1. The van der Waals surface area contributed by atoms with E-state index in [1.165, 1.54) is 35.2 Å². The van der Waals surface area contributed by atoms with Gasteiger partial charge in [-0.25, -0.2) is 4.79 Å². The summed E-state index contributed by atoms with van der Waals surface area (Å²) in [5.74, 6) is 1.62. The Hall–Kier alpha value is -3.05. The zero-order valence-electron chi connectivity index (χ0n) is 24.9. The highest BCUT2D eigenvalue weighted by Gasteiger charge is 2.54. The van der Waals surface area contributed by atoms with Crippen molar-refractivity contribution in [2.75, 3.05) is 11.9 Å². The number of carbonyl (C=O) groups is 1.